The number of nitrogens with one attached hydrogen (secondary N) is 1. The number of benzene rings is 1. The second kappa shape index (κ2) is 6.00. The van der Waals surface area contributed by atoms with Crippen LogP contribution < -0.4 is 5.32 Å². The minimum absolute atomic E-state index is 0.0900. The van der Waals surface area contributed by atoms with Crippen molar-refractivity contribution < 1.29 is 9.59 Å². The van der Waals surface area contributed by atoms with Gasteiger partial charge in [0.1, 0.15) is 0 Å². The average molecular weight is 285 g/mol. The largest absolute Gasteiger partial charge is 0.296 e. The Morgan fingerprint density at radius 3 is 2.19 bits per heavy atom. The fraction of sp³-hybridized carbons (Fsp3) is 0.556. The van der Waals surface area contributed by atoms with Crippen molar-refractivity contribution in [1.29, 1.82) is 0 Å². The van der Waals surface area contributed by atoms with Crippen LogP contribution in [0.3, 0.4) is 0 Å². The first-order valence-corrected chi connectivity index (χ1v) is 8.10. The van der Waals surface area contributed by atoms with Crippen molar-refractivity contribution in [1.82, 2.24) is 5.32 Å². The third-order valence-corrected chi connectivity index (χ3v) is 5.13. The topological polar surface area (TPSA) is 46.2 Å². The van der Waals surface area contributed by atoms with Gasteiger partial charge in [-0.2, -0.15) is 0 Å². The molecule has 1 N–H and O–H groups in total. The van der Waals surface area contributed by atoms with Gasteiger partial charge in [-0.05, 0) is 23.8 Å². The molecule has 1 unspecified atom stereocenters. The summed E-state index contributed by atoms with van der Waals surface area (Å²) in [7, 11) is 0. The van der Waals surface area contributed by atoms with Gasteiger partial charge in [0.15, 0.2) is 0 Å². The van der Waals surface area contributed by atoms with Crippen LogP contribution in [0.4, 0.5) is 0 Å². The van der Waals surface area contributed by atoms with Crippen LogP contribution in [0, 0.1) is 5.41 Å². The molecule has 1 aromatic rings. The Morgan fingerprint density at radius 1 is 0.905 bits per heavy atom. The first-order chi connectivity index (χ1) is 10.2. The summed E-state index contributed by atoms with van der Waals surface area (Å²) in [4.78, 5) is 24.5. The van der Waals surface area contributed by atoms with Crippen molar-refractivity contribution in [3.63, 3.8) is 0 Å². The van der Waals surface area contributed by atoms with Crippen molar-refractivity contribution in [2.24, 2.45) is 5.41 Å². The Hall–Kier alpha value is -1.64. The molecule has 1 aliphatic carbocycles. The fourth-order valence-electron chi connectivity index (χ4n) is 4.18. The number of carbonyl (C=O) groups excluding carboxylic acids is 2. The standard InChI is InChI=1S/C18H23NO2/c20-15-13-18(11-7-2-1-3-8-12-18)16(17(21)19-15)14-9-5-4-6-10-14/h4-6,9-10,16H,1-3,7-8,11-13H2,(H,19,20,21). The summed E-state index contributed by atoms with van der Waals surface area (Å²) in [5.41, 5.74) is 0.893. The van der Waals surface area contributed by atoms with E-state index in [-0.39, 0.29) is 23.1 Å². The van der Waals surface area contributed by atoms with Gasteiger partial charge in [-0.1, -0.05) is 62.4 Å². The molecule has 3 nitrogen and oxygen atoms in total. The lowest BCUT2D eigenvalue weighted by atomic mass is 9.61. The molecule has 3 rings (SSSR count). The summed E-state index contributed by atoms with van der Waals surface area (Å²) in [6.45, 7) is 0. The van der Waals surface area contributed by atoms with E-state index in [1.807, 2.05) is 30.3 Å². The maximum Gasteiger partial charge on any atom is 0.234 e. The summed E-state index contributed by atoms with van der Waals surface area (Å²) >= 11 is 0. The van der Waals surface area contributed by atoms with Crippen LogP contribution in [0.1, 0.15) is 62.8 Å². The highest BCUT2D eigenvalue weighted by molar-refractivity contribution is 6.02. The number of hydrogen-bond donors (Lipinski definition) is 1. The molecule has 0 aromatic heterocycles. The number of carbonyl (C=O) groups is 2. The minimum Gasteiger partial charge on any atom is -0.296 e. The molecule has 3 heteroatoms. The van der Waals surface area contributed by atoms with Crippen LogP contribution in [-0.4, -0.2) is 11.8 Å². The predicted molar refractivity (Wildman–Crippen MR) is 81.7 cm³/mol. The molecule has 1 saturated carbocycles. The van der Waals surface area contributed by atoms with Crippen LogP contribution in [0.2, 0.25) is 0 Å². The minimum atomic E-state index is -0.172. The normalized spacial score (nSPS) is 26.0. The van der Waals surface area contributed by atoms with Gasteiger partial charge in [0, 0.05) is 6.42 Å². The van der Waals surface area contributed by atoms with Crippen molar-refractivity contribution in [2.45, 2.75) is 57.3 Å². The Kier molecular flexibility index (Phi) is 4.09. The number of rotatable bonds is 1. The molecule has 1 aliphatic heterocycles. The van der Waals surface area contributed by atoms with Crippen molar-refractivity contribution in [3.05, 3.63) is 35.9 Å². The molecule has 2 fully saturated rings. The molecule has 1 heterocycles. The quantitative estimate of drug-likeness (QED) is 0.802. The van der Waals surface area contributed by atoms with Crippen LogP contribution >= 0.6 is 0 Å². The van der Waals surface area contributed by atoms with Crippen molar-refractivity contribution in [3.8, 4) is 0 Å². The summed E-state index contributed by atoms with van der Waals surface area (Å²) in [6.07, 6.45) is 8.47. The van der Waals surface area contributed by atoms with E-state index >= 15 is 0 Å². The number of hydrogen-bond acceptors (Lipinski definition) is 2. The monoisotopic (exact) mass is 285 g/mol. The smallest absolute Gasteiger partial charge is 0.234 e. The lowest BCUT2D eigenvalue weighted by Crippen LogP contribution is -2.51. The fourth-order valence-corrected chi connectivity index (χ4v) is 4.18. The number of amides is 2. The molecule has 2 amide bonds. The Bertz CT molecular complexity index is 515. The zero-order chi connectivity index (χ0) is 14.7. The van der Waals surface area contributed by atoms with E-state index in [1.54, 1.807) is 0 Å². The summed E-state index contributed by atoms with van der Waals surface area (Å²) < 4.78 is 0. The average Bonchev–Trinajstić information content (AvgIpc) is 2.44. The maximum atomic E-state index is 12.5. The van der Waals surface area contributed by atoms with Crippen LogP contribution in [0.15, 0.2) is 30.3 Å². The van der Waals surface area contributed by atoms with Crippen molar-refractivity contribution >= 4 is 11.8 Å². The van der Waals surface area contributed by atoms with Gasteiger partial charge < -0.3 is 0 Å². The van der Waals surface area contributed by atoms with E-state index in [0.29, 0.717) is 6.42 Å². The molecule has 0 radical (unpaired) electrons. The summed E-state index contributed by atoms with van der Waals surface area (Å²) in [6, 6.07) is 9.99. The zero-order valence-electron chi connectivity index (χ0n) is 12.4. The Labute approximate surface area is 126 Å². The van der Waals surface area contributed by atoms with Gasteiger partial charge in [0.2, 0.25) is 11.8 Å². The van der Waals surface area contributed by atoms with Gasteiger partial charge >= 0.3 is 0 Å². The van der Waals surface area contributed by atoms with Gasteiger partial charge in [0.05, 0.1) is 5.92 Å². The van der Waals surface area contributed by atoms with E-state index in [2.05, 4.69) is 5.32 Å². The third-order valence-electron chi connectivity index (χ3n) is 5.13. The Morgan fingerprint density at radius 2 is 1.52 bits per heavy atom. The maximum absolute atomic E-state index is 12.5. The van der Waals surface area contributed by atoms with Gasteiger partial charge in [-0.3, -0.25) is 14.9 Å². The van der Waals surface area contributed by atoms with Gasteiger partial charge in [0.25, 0.3) is 0 Å². The van der Waals surface area contributed by atoms with Crippen LogP contribution in [0.25, 0.3) is 0 Å². The molecular weight excluding hydrogens is 262 g/mol. The molecule has 1 atom stereocenters. The van der Waals surface area contributed by atoms with Gasteiger partial charge in [-0.15, -0.1) is 0 Å². The van der Waals surface area contributed by atoms with E-state index in [9.17, 15) is 9.59 Å². The number of imide groups is 1. The second-order valence-electron chi connectivity index (χ2n) is 6.56. The first kappa shape index (κ1) is 14.3. The molecule has 21 heavy (non-hydrogen) atoms. The van der Waals surface area contributed by atoms with E-state index in [1.165, 1.54) is 19.3 Å². The van der Waals surface area contributed by atoms with Crippen molar-refractivity contribution in [2.75, 3.05) is 0 Å². The highest BCUT2D eigenvalue weighted by Gasteiger charge is 2.48. The molecule has 1 aromatic carbocycles. The first-order valence-electron chi connectivity index (χ1n) is 8.10. The lowest BCUT2D eigenvalue weighted by Gasteiger charge is -2.44. The number of piperidine rings is 1. The highest BCUT2D eigenvalue weighted by atomic mass is 16.2. The SMILES string of the molecule is O=C1CC2(CCCCCCC2)C(c2ccccc2)C(=O)N1. The van der Waals surface area contributed by atoms with E-state index in [0.717, 1.165) is 31.2 Å². The van der Waals surface area contributed by atoms with E-state index in [4.69, 9.17) is 0 Å². The van der Waals surface area contributed by atoms with Crippen LogP contribution in [-0.2, 0) is 9.59 Å². The predicted octanol–water partition coefficient (Wildman–Crippen LogP) is 3.55. The molecule has 112 valence electrons. The highest BCUT2D eigenvalue weighted by Crippen LogP contribution is 2.50. The van der Waals surface area contributed by atoms with Crippen LogP contribution in [0.5, 0.6) is 0 Å². The summed E-state index contributed by atoms with van der Waals surface area (Å²) in [5.74, 6) is -0.361. The molecule has 0 bridgehead atoms. The lowest BCUT2D eigenvalue weighted by molar-refractivity contribution is -0.141. The molecular formula is C18H23NO2. The van der Waals surface area contributed by atoms with Gasteiger partial charge in [-0.25, -0.2) is 0 Å². The Balaban J connectivity index is 1.99. The zero-order valence-corrected chi connectivity index (χ0v) is 12.4. The molecule has 2 aliphatic rings. The summed E-state index contributed by atoms with van der Waals surface area (Å²) in [5, 5.41) is 2.56. The molecule has 1 spiro atoms. The van der Waals surface area contributed by atoms with E-state index < -0.39 is 0 Å². The second-order valence-corrected chi connectivity index (χ2v) is 6.56. The third kappa shape index (κ3) is 2.87. The molecule has 1 saturated heterocycles.